The fourth-order valence-corrected chi connectivity index (χ4v) is 4.19. The molecular weight excluding hydrogens is 312 g/mol. The summed E-state index contributed by atoms with van der Waals surface area (Å²) in [5.74, 6) is 0.481. The molecule has 0 bridgehead atoms. The van der Waals surface area contributed by atoms with Gasteiger partial charge >= 0.3 is 0 Å². The van der Waals surface area contributed by atoms with E-state index in [1.807, 2.05) is 6.92 Å². The lowest BCUT2D eigenvalue weighted by Gasteiger charge is -2.33. The Morgan fingerprint density at radius 1 is 1.20 bits per heavy atom. The van der Waals surface area contributed by atoms with Gasteiger partial charge in [-0.05, 0) is 88.1 Å². The highest BCUT2D eigenvalue weighted by Gasteiger charge is 2.24. The van der Waals surface area contributed by atoms with Gasteiger partial charge in [0.15, 0.2) is 0 Å². The molecule has 0 aromatic heterocycles. The third-order valence-electron chi connectivity index (χ3n) is 5.93. The second kappa shape index (κ2) is 8.33. The van der Waals surface area contributed by atoms with Gasteiger partial charge in [-0.3, -0.25) is 9.69 Å². The fraction of sp³-hybridized carbons (Fsp3) is 0.667. The van der Waals surface area contributed by atoms with Gasteiger partial charge in [-0.25, -0.2) is 0 Å². The van der Waals surface area contributed by atoms with Crippen molar-refractivity contribution in [2.75, 3.05) is 19.6 Å². The van der Waals surface area contributed by atoms with Gasteiger partial charge in [0, 0.05) is 0 Å². The molecular formula is C21H32N2O2. The summed E-state index contributed by atoms with van der Waals surface area (Å²) in [4.78, 5) is 14.6. The second-order valence-electron chi connectivity index (χ2n) is 7.88. The Hall–Kier alpha value is -1.39. The topological polar surface area (TPSA) is 52.6 Å². The van der Waals surface area contributed by atoms with E-state index in [4.69, 9.17) is 0 Å². The third-order valence-corrected chi connectivity index (χ3v) is 5.93. The summed E-state index contributed by atoms with van der Waals surface area (Å²) in [5.41, 5.74) is 4.15. The predicted octanol–water partition coefficient (Wildman–Crippen LogP) is 2.84. The quantitative estimate of drug-likeness (QED) is 0.864. The summed E-state index contributed by atoms with van der Waals surface area (Å²) < 4.78 is 0. The summed E-state index contributed by atoms with van der Waals surface area (Å²) in [6, 6.07) is 6.75. The minimum Gasteiger partial charge on any atom is -0.393 e. The molecule has 138 valence electrons. The first-order valence-electron chi connectivity index (χ1n) is 9.84. The summed E-state index contributed by atoms with van der Waals surface area (Å²) >= 11 is 0. The largest absolute Gasteiger partial charge is 0.393 e. The van der Waals surface area contributed by atoms with Crippen molar-refractivity contribution < 1.29 is 9.90 Å². The van der Waals surface area contributed by atoms with Crippen LogP contribution < -0.4 is 5.32 Å². The molecule has 3 rings (SSSR count). The number of hydrogen-bond donors (Lipinski definition) is 2. The van der Waals surface area contributed by atoms with Gasteiger partial charge in [0.1, 0.15) is 0 Å². The first-order valence-corrected chi connectivity index (χ1v) is 9.84. The van der Waals surface area contributed by atoms with E-state index in [0.717, 1.165) is 25.9 Å². The van der Waals surface area contributed by atoms with Gasteiger partial charge in [0.05, 0.1) is 18.7 Å². The minimum atomic E-state index is -0.236. The lowest BCUT2D eigenvalue weighted by Crippen LogP contribution is -2.43. The molecule has 1 aromatic rings. The van der Waals surface area contributed by atoms with Crippen molar-refractivity contribution in [3.63, 3.8) is 0 Å². The van der Waals surface area contributed by atoms with E-state index >= 15 is 0 Å². The third kappa shape index (κ3) is 4.83. The summed E-state index contributed by atoms with van der Waals surface area (Å²) in [6.45, 7) is 6.20. The molecule has 0 radical (unpaired) electrons. The van der Waals surface area contributed by atoms with Crippen LogP contribution in [0.15, 0.2) is 18.2 Å². The first kappa shape index (κ1) is 18.4. The van der Waals surface area contributed by atoms with Crippen LogP contribution in [0, 0.1) is 5.92 Å². The molecule has 0 saturated carbocycles. The van der Waals surface area contributed by atoms with E-state index in [0.29, 0.717) is 12.5 Å². The molecule has 2 aliphatic rings. The number of rotatable bonds is 5. The molecule has 0 spiro atoms. The normalized spacial score (nSPS) is 21.4. The van der Waals surface area contributed by atoms with Crippen LogP contribution >= 0.6 is 0 Å². The highest BCUT2D eigenvalue weighted by molar-refractivity contribution is 5.78. The number of aliphatic hydroxyl groups is 1. The standard InChI is InChI=1S/C21H32N2O2/c1-15(19-8-7-18-5-3-4-6-20(18)13-19)22-21(25)14-23-11-9-17(10-12-23)16(2)24/h7-8,13,15-17,24H,3-6,9-12,14H2,1-2H3,(H,22,25). The number of carbonyl (C=O) groups is 1. The fourth-order valence-electron chi connectivity index (χ4n) is 4.19. The zero-order chi connectivity index (χ0) is 17.8. The molecule has 2 atom stereocenters. The van der Waals surface area contributed by atoms with Gasteiger partial charge in [0.25, 0.3) is 0 Å². The molecule has 25 heavy (non-hydrogen) atoms. The van der Waals surface area contributed by atoms with Crippen LogP contribution in [0.1, 0.15) is 62.3 Å². The van der Waals surface area contributed by atoms with Crippen LogP contribution in [-0.2, 0) is 17.6 Å². The van der Waals surface area contributed by atoms with Crippen LogP contribution in [0.5, 0.6) is 0 Å². The van der Waals surface area contributed by atoms with E-state index in [1.165, 1.54) is 42.4 Å². The average Bonchev–Trinajstić information content (AvgIpc) is 2.61. The highest BCUT2D eigenvalue weighted by atomic mass is 16.3. The number of fused-ring (bicyclic) bond motifs is 1. The maximum absolute atomic E-state index is 12.4. The van der Waals surface area contributed by atoms with Gasteiger partial charge in [-0.1, -0.05) is 18.2 Å². The van der Waals surface area contributed by atoms with Crippen molar-refractivity contribution in [3.8, 4) is 0 Å². The van der Waals surface area contributed by atoms with Crippen molar-refractivity contribution in [2.45, 2.75) is 64.5 Å². The Kier molecular flexibility index (Phi) is 6.13. The molecule has 2 N–H and O–H groups in total. The van der Waals surface area contributed by atoms with E-state index in [2.05, 4.69) is 35.3 Å². The number of nitrogens with one attached hydrogen (secondary N) is 1. The van der Waals surface area contributed by atoms with Crippen molar-refractivity contribution in [1.82, 2.24) is 10.2 Å². The molecule has 1 aliphatic heterocycles. The van der Waals surface area contributed by atoms with Crippen LogP contribution in [0.4, 0.5) is 0 Å². The summed E-state index contributed by atoms with van der Waals surface area (Å²) in [5, 5.41) is 12.8. The van der Waals surface area contributed by atoms with E-state index < -0.39 is 0 Å². The molecule has 1 aliphatic carbocycles. The Balaban J connectivity index is 1.49. The SMILES string of the molecule is CC(NC(=O)CN1CCC(C(C)O)CC1)c1ccc2c(c1)CCCC2. The number of aliphatic hydroxyl groups excluding tert-OH is 1. The van der Waals surface area contributed by atoms with Crippen LogP contribution in [0.3, 0.4) is 0 Å². The Labute approximate surface area is 151 Å². The van der Waals surface area contributed by atoms with Gasteiger partial charge < -0.3 is 10.4 Å². The van der Waals surface area contributed by atoms with Crippen molar-refractivity contribution >= 4 is 5.91 Å². The lowest BCUT2D eigenvalue weighted by molar-refractivity contribution is -0.123. The Morgan fingerprint density at radius 3 is 2.56 bits per heavy atom. The number of amides is 1. The van der Waals surface area contributed by atoms with Gasteiger partial charge in [-0.15, -0.1) is 0 Å². The van der Waals surface area contributed by atoms with E-state index in [9.17, 15) is 9.90 Å². The summed E-state index contributed by atoms with van der Waals surface area (Å²) in [7, 11) is 0. The first-order chi connectivity index (χ1) is 12.0. The molecule has 4 heteroatoms. The number of benzene rings is 1. The maximum Gasteiger partial charge on any atom is 0.234 e. The highest BCUT2D eigenvalue weighted by Crippen LogP contribution is 2.25. The molecule has 4 nitrogen and oxygen atoms in total. The number of nitrogens with zero attached hydrogens (tertiary/aromatic N) is 1. The van der Waals surface area contributed by atoms with Gasteiger partial charge in [-0.2, -0.15) is 0 Å². The number of likely N-dealkylation sites (tertiary alicyclic amines) is 1. The van der Waals surface area contributed by atoms with Gasteiger partial charge in [0.2, 0.25) is 5.91 Å². The maximum atomic E-state index is 12.4. The second-order valence-corrected chi connectivity index (χ2v) is 7.88. The molecule has 1 aromatic carbocycles. The number of carbonyl (C=O) groups excluding carboxylic acids is 1. The molecule has 1 heterocycles. The molecule has 1 fully saturated rings. The zero-order valence-corrected chi connectivity index (χ0v) is 15.6. The predicted molar refractivity (Wildman–Crippen MR) is 100 cm³/mol. The van der Waals surface area contributed by atoms with Crippen molar-refractivity contribution in [1.29, 1.82) is 0 Å². The smallest absolute Gasteiger partial charge is 0.234 e. The van der Waals surface area contributed by atoms with Crippen LogP contribution in [-0.4, -0.2) is 41.7 Å². The number of aryl methyl sites for hydroxylation is 2. The van der Waals surface area contributed by atoms with E-state index in [1.54, 1.807) is 0 Å². The van der Waals surface area contributed by atoms with Crippen molar-refractivity contribution in [2.24, 2.45) is 5.92 Å². The lowest BCUT2D eigenvalue weighted by atomic mass is 9.89. The molecule has 1 amide bonds. The Morgan fingerprint density at radius 2 is 1.88 bits per heavy atom. The Bertz CT molecular complexity index is 592. The molecule has 2 unspecified atom stereocenters. The van der Waals surface area contributed by atoms with Crippen LogP contribution in [0.25, 0.3) is 0 Å². The molecule has 1 saturated heterocycles. The summed E-state index contributed by atoms with van der Waals surface area (Å²) in [6.07, 6.45) is 6.65. The average molecular weight is 344 g/mol. The van der Waals surface area contributed by atoms with Crippen molar-refractivity contribution in [3.05, 3.63) is 34.9 Å². The minimum absolute atomic E-state index is 0.0507. The number of hydrogen-bond acceptors (Lipinski definition) is 3. The number of piperidine rings is 1. The monoisotopic (exact) mass is 344 g/mol. The zero-order valence-electron chi connectivity index (χ0n) is 15.6. The van der Waals surface area contributed by atoms with E-state index in [-0.39, 0.29) is 18.1 Å². The van der Waals surface area contributed by atoms with Crippen LogP contribution in [0.2, 0.25) is 0 Å².